The summed E-state index contributed by atoms with van der Waals surface area (Å²) in [6, 6.07) is 0. The Hall–Kier alpha value is -0.193. The molecule has 2 aliphatic carbocycles. The van der Waals surface area contributed by atoms with E-state index in [1.54, 1.807) is 0 Å². The van der Waals surface area contributed by atoms with Crippen LogP contribution >= 0.6 is 0 Å². The molecule has 2 fully saturated rings. The molecule has 0 unspecified atom stereocenters. The van der Waals surface area contributed by atoms with Gasteiger partial charge in [0, 0.05) is 23.2 Å². The molecular weight excluding hydrogens is 304 g/mol. The summed E-state index contributed by atoms with van der Waals surface area (Å²) < 4.78 is 6.80. The van der Waals surface area contributed by atoms with Crippen LogP contribution in [0.15, 0.2) is 0 Å². The summed E-state index contributed by atoms with van der Waals surface area (Å²) in [6.45, 7) is 17.7. The third-order valence-corrected chi connectivity index (χ3v) is 11.7. The number of rotatable bonds is 2. The van der Waals surface area contributed by atoms with Crippen molar-refractivity contribution in [1.29, 1.82) is 0 Å². The molecule has 0 spiro atoms. The Kier molecular flexibility index (Phi) is 4.72. The molecule has 0 heterocycles. The predicted octanol–water partition coefficient (Wildman–Crippen LogP) is 4.54. The van der Waals surface area contributed by atoms with Gasteiger partial charge in [0.05, 0.1) is 12.2 Å². The van der Waals surface area contributed by atoms with Crippen molar-refractivity contribution in [2.75, 3.05) is 0 Å². The first-order valence-electron chi connectivity index (χ1n) is 9.12. The topological polar surface area (TPSA) is 46.5 Å². The summed E-state index contributed by atoms with van der Waals surface area (Å²) in [5.74, 6) is 0.230. The molecule has 4 atom stereocenters. The van der Waals surface area contributed by atoms with E-state index in [0.29, 0.717) is 12.2 Å². The first-order chi connectivity index (χ1) is 10.2. The average Bonchev–Trinajstić information content (AvgIpc) is 2.36. The van der Waals surface area contributed by atoms with E-state index in [1.165, 1.54) is 0 Å². The van der Waals surface area contributed by atoms with Crippen molar-refractivity contribution in [2.45, 2.75) is 97.6 Å². The fraction of sp³-hybridized carbons (Fsp3) is 0.947. The summed E-state index contributed by atoms with van der Waals surface area (Å²) in [7, 11) is -1.87. The Morgan fingerprint density at radius 1 is 1.17 bits per heavy atom. The van der Waals surface area contributed by atoms with Gasteiger partial charge in [-0.2, -0.15) is 0 Å². The molecule has 2 aliphatic rings. The summed E-state index contributed by atoms with van der Waals surface area (Å²) in [4.78, 5) is 12.7. The van der Waals surface area contributed by atoms with E-state index in [2.05, 4.69) is 54.6 Å². The van der Waals surface area contributed by atoms with Gasteiger partial charge in [-0.15, -0.1) is 0 Å². The van der Waals surface area contributed by atoms with Crippen LogP contribution in [0, 0.1) is 16.7 Å². The molecule has 134 valence electrons. The van der Waals surface area contributed by atoms with Crippen molar-refractivity contribution in [3.05, 3.63) is 0 Å². The molecule has 0 radical (unpaired) electrons. The monoisotopic (exact) mass is 340 g/mol. The molecular formula is C19H36O3Si. The largest absolute Gasteiger partial charge is 0.413 e. The molecule has 4 heteroatoms. The van der Waals surface area contributed by atoms with Crippen LogP contribution in [0.2, 0.25) is 18.1 Å². The Bertz CT molecular complexity index is 477. The zero-order valence-corrected chi connectivity index (χ0v) is 17.3. The molecule has 23 heavy (non-hydrogen) atoms. The van der Waals surface area contributed by atoms with Crippen LogP contribution in [0.25, 0.3) is 0 Å². The highest BCUT2D eigenvalue weighted by atomic mass is 28.4. The number of ketones is 1. The lowest BCUT2D eigenvalue weighted by Gasteiger charge is -2.58. The molecule has 0 aromatic carbocycles. The summed E-state index contributed by atoms with van der Waals surface area (Å²) in [6.07, 6.45) is 2.83. The maximum atomic E-state index is 12.7. The standard InChI is InChI=1S/C19H36O3Si/c1-17(2,3)23(7,8)22-15-10-9-13(20)16-18(4,5)14(21)11-12-19(15,16)6/h14-16,21H,9-12H2,1-8H3/t14-,15-,16-,19+/m0/s1. The molecule has 2 saturated carbocycles. The minimum atomic E-state index is -1.87. The zero-order chi connectivity index (χ0) is 17.8. The third kappa shape index (κ3) is 3.07. The van der Waals surface area contributed by atoms with Crippen molar-refractivity contribution in [3.63, 3.8) is 0 Å². The van der Waals surface area contributed by atoms with Gasteiger partial charge in [-0.05, 0) is 37.4 Å². The predicted molar refractivity (Wildman–Crippen MR) is 96.9 cm³/mol. The molecule has 0 amide bonds. The van der Waals surface area contributed by atoms with Gasteiger partial charge in [-0.3, -0.25) is 4.79 Å². The van der Waals surface area contributed by atoms with Crippen LogP contribution in [0.3, 0.4) is 0 Å². The molecule has 2 rings (SSSR count). The Morgan fingerprint density at radius 3 is 2.26 bits per heavy atom. The molecule has 3 nitrogen and oxygen atoms in total. The lowest BCUT2D eigenvalue weighted by molar-refractivity contribution is -0.172. The van der Waals surface area contributed by atoms with Gasteiger partial charge in [-0.25, -0.2) is 0 Å². The quantitative estimate of drug-likeness (QED) is 0.751. The maximum Gasteiger partial charge on any atom is 0.192 e. The van der Waals surface area contributed by atoms with E-state index in [0.717, 1.165) is 19.3 Å². The summed E-state index contributed by atoms with van der Waals surface area (Å²) in [5, 5.41) is 10.6. The number of hydrogen-bond donors (Lipinski definition) is 1. The van der Waals surface area contributed by atoms with Crippen molar-refractivity contribution in [3.8, 4) is 0 Å². The number of hydrogen-bond acceptors (Lipinski definition) is 3. The van der Waals surface area contributed by atoms with Gasteiger partial charge in [-0.1, -0.05) is 41.5 Å². The second-order valence-electron chi connectivity index (χ2n) is 10.2. The van der Waals surface area contributed by atoms with E-state index < -0.39 is 14.4 Å². The SMILES string of the molecule is CC1(C)[C@@H](O)CC[C@]2(C)[C@@H](O[Si](C)(C)C(C)(C)C)CCC(=O)[C@@H]12. The van der Waals surface area contributed by atoms with E-state index in [-0.39, 0.29) is 27.9 Å². The Labute approximate surface area is 143 Å². The number of carbonyl (C=O) groups is 1. The molecule has 0 saturated heterocycles. The lowest BCUT2D eigenvalue weighted by atomic mass is 9.49. The fourth-order valence-corrected chi connectivity index (χ4v) is 6.06. The molecule has 0 aromatic heterocycles. The van der Waals surface area contributed by atoms with Crippen LogP contribution in [0.4, 0.5) is 0 Å². The van der Waals surface area contributed by atoms with Crippen molar-refractivity contribution < 1.29 is 14.3 Å². The summed E-state index contributed by atoms with van der Waals surface area (Å²) in [5.41, 5.74) is -0.507. The fourth-order valence-electron chi connectivity index (χ4n) is 4.61. The van der Waals surface area contributed by atoms with Crippen LogP contribution in [0.5, 0.6) is 0 Å². The van der Waals surface area contributed by atoms with Crippen molar-refractivity contribution in [2.24, 2.45) is 16.7 Å². The third-order valence-electron chi connectivity index (χ3n) is 7.17. The van der Waals surface area contributed by atoms with E-state index in [4.69, 9.17) is 4.43 Å². The van der Waals surface area contributed by atoms with Crippen LogP contribution in [-0.4, -0.2) is 31.4 Å². The van der Waals surface area contributed by atoms with Gasteiger partial charge in [0.15, 0.2) is 8.32 Å². The van der Waals surface area contributed by atoms with Gasteiger partial charge >= 0.3 is 0 Å². The number of aliphatic hydroxyl groups is 1. The highest BCUT2D eigenvalue weighted by Crippen LogP contribution is 2.58. The van der Waals surface area contributed by atoms with Gasteiger partial charge in [0.1, 0.15) is 5.78 Å². The molecule has 1 N–H and O–H groups in total. The first-order valence-corrected chi connectivity index (χ1v) is 12.0. The lowest BCUT2D eigenvalue weighted by Crippen LogP contribution is -2.62. The van der Waals surface area contributed by atoms with Gasteiger partial charge in [0.25, 0.3) is 0 Å². The Balaban J connectivity index is 2.36. The molecule has 0 aromatic rings. The van der Waals surface area contributed by atoms with E-state index in [9.17, 15) is 9.90 Å². The maximum absolute atomic E-state index is 12.7. The smallest absolute Gasteiger partial charge is 0.192 e. The first kappa shape index (κ1) is 19.1. The van der Waals surface area contributed by atoms with Crippen LogP contribution in [0.1, 0.15) is 67.2 Å². The second kappa shape index (κ2) is 5.67. The van der Waals surface area contributed by atoms with E-state index >= 15 is 0 Å². The second-order valence-corrected chi connectivity index (χ2v) is 14.9. The van der Waals surface area contributed by atoms with Gasteiger partial charge in [0.2, 0.25) is 0 Å². The number of Topliss-reactive ketones (excluding diaryl/α,β-unsaturated/α-hetero) is 1. The minimum Gasteiger partial charge on any atom is -0.413 e. The Morgan fingerprint density at radius 2 is 1.74 bits per heavy atom. The van der Waals surface area contributed by atoms with Crippen LogP contribution in [-0.2, 0) is 9.22 Å². The minimum absolute atomic E-state index is 0.0951. The van der Waals surface area contributed by atoms with Crippen molar-refractivity contribution in [1.82, 2.24) is 0 Å². The summed E-state index contributed by atoms with van der Waals surface area (Å²) >= 11 is 0. The number of aliphatic hydroxyl groups excluding tert-OH is 1. The highest BCUT2D eigenvalue weighted by molar-refractivity contribution is 6.74. The van der Waals surface area contributed by atoms with Crippen molar-refractivity contribution >= 4 is 14.1 Å². The molecule has 0 bridgehead atoms. The van der Waals surface area contributed by atoms with Crippen LogP contribution < -0.4 is 0 Å². The highest BCUT2D eigenvalue weighted by Gasteiger charge is 2.60. The zero-order valence-electron chi connectivity index (χ0n) is 16.3. The van der Waals surface area contributed by atoms with E-state index in [1.807, 2.05) is 0 Å². The normalized spacial score (nSPS) is 38.3. The number of carbonyl (C=O) groups excluding carboxylic acids is 1. The van der Waals surface area contributed by atoms with Gasteiger partial charge < -0.3 is 9.53 Å². The molecule has 0 aliphatic heterocycles. The number of fused-ring (bicyclic) bond motifs is 1. The average molecular weight is 341 g/mol.